The van der Waals surface area contributed by atoms with Crippen molar-refractivity contribution in [2.75, 3.05) is 0 Å². The summed E-state index contributed by atoms with van der Waals surface area (Å²) in [6.45, 7) is 0. The van der Waals surface area contributed by atoms with Gasteiger partial charge in [0.25, 0.3) is 0 Å². The van der Waals surface area contributed by atoms with E-state index in [2.05, 4.69) is 15.9 Å². The van der Waals surface area contributed by atoms with Gasteiger partial charge in [-0.3, -0.25) is 0 Å². The van der Waals surface area contributed by atoms with Crippen LogP contribution in [0.5, 0.6) is 0 Å². The summed E-state index contributed by atoms with van der Waals surface area (Å²) in [6, 6.07) is 8.01. The molecule has 7 heteroatoms. The summed E-state index contributed by atoms with van der Waals surface area (Å²) in [7, 11) is -3.57. The van der Waals surface area contributed by atoms with Crippen molar-refractivity contribution >= 4 is 43.1 Å². The predicted octanol–water partition coefficient (Wildman–Crippen LogP) is 3.18. The van der Waals surface area contributed by atoms with Gasteiger partial charge in [0.05, 0.1) is 10.6 Å². The molecule has 2 aromatic rings. The molecule has 0 bridgehead atoms. The number of benzene rings is 1. The Morgan fingerprint density at radius 3 is 2.58 bits per heavy atom. The van der Waals surface area contributed by atoms with Gasteiger partial charge in [0.2, 0.25) is 0 Å². The molecule has 19 heavy (non-hydrogen) atoms. The van der Waals surface area contributed by atoms with Crippen LogP contribution in [-0.4, -0.2) is 19.5 Å². The Bertz CT molecular complexity index is 719. The number of hydrogen-bond donors (Lipinski definition) is 1. The van der Waals surface area contributed by atoms with Crippen LogP contribution < -0.4 is 0 Å². The van der Waals surface area contributed by atoms with Crippen LogP contribution >= 0.6 is 27.3 Å². The predicted molar refractivity (Wildman–Crippen MR) is 76.3 cm³/mol. The molecule has 0 saturated carbocycles. The Balaban J connectivity index is 2.40. The van der Waals surface area contributed by atoms with Crippen LogP contribution in [0.15, 0.2) is 45.1 Å². The van der Waals surface area contributed by atoms with E-state index < -0.39 is 15.8 Å². The summed E-state index contributed by atoms with van der Waals surface area (Å²) in [5.41, 5.74) is 0.313. The van der Waals surface area contributed by atoms with E-state index in [0.717, 1.165) is 11.3 Å². The van der Waals surface area contributed by atoms with E-state index in [4.69, 9.17) is 5.11 Å². The van der Waals surface area contributed by atoms with Crippen LogP contribution in [-0.2, 0) is 15.6 Å². The van der Waals surface area contributed by atoms with Gasteiger partial charge in [-0.1, -0.05) is 12.1 Å². The fraction of sp³-hybridized carbons (Fsp3) is 0.0833. The Labute approximate surface area is 122 Å². The number of rotatable bonds is 4. The van der Waals surface area contributed by atoms with E-state index in [-0.39, 0.29) is 15.5 Å². The summed E-state index contributed by atoms with van der Waals surface area (Å²) in [6.07, 6.45) is 0. The van der Waals surface area contributed by atoms with Crippen molar-refractivity contribution in [3.8, 4) is 0 Å². The minimum Gasteiger partial charge on any atom is -0.477 e. The van der Waals surface area contributed by atoms with E-state index in [9.17, 15) is 13.2 Å². The zero-order chi connectivity index (χ0) is 14.0. The normalized spacial score (nSPS) is 11.4. The van der Waals surface area contributed by atoms with Gasteiger partial charge in [0, 0.05) is 4.47 Å². The summed E-state index contributed by atoms with van der Waals surface area (Å²) in [5, 5.41) is 10.6. The van der Waals surface area contributed by atoms with Crippen molar-refractivity contribution in [1.82, 2.24) is 0 Å². The second-order valence-electron chi connectivity index (χ2n) is 3.77. The highest BCUT2D eigenvalue weighted by Gasteiger charge is 2.22. The second kappa shape index (κ2) is 5.44. The molecule has 0 aliphatic rings. The van der Waals surface area contributed by atoms with Crippen LogP contribution in [0.1, 0.15) is 15.2 Å². The first-order chi connectivity index (χ1) is 8.92. The van der Waals surface area contributed by atoms with Crippen molar-refractivity contribution in [3.63, 3.8) is 0 Å². The highest BCUT2D eigenvalue weighted by Crippen LogP contribution is 2.27. The highest BCUT2D eigenvalue weighted by atomic mass is 79.9. The Hall–Kier alpha value is -1.18. The van der Waals surface area contributed by atoms with Gasteiger partial charge in [-0.15, -0.1) is 11.3 Å². The number of carboxylic acids is 1. The van der Waals surface area contributed by atoms with Crippen molar-refractivity contribution in [2.24, 2.45) is 0 Å². The van der Waals surface area contributed by atoms with Gasteiger partial charge in [-0.2, -0.15) is 0 Å². The van der Waals surface area contributed by atoms with Crippen molar-refractivity contribution < 1.29 is 18.3 Å². The molecule has 0 atom stereocenters. The van der Waals surface area contributed by atoms with E-state index in [1.807, 2.05) is 0 Å². The monoisotopic (exact) mass is 360 g/mol. The Morgan fingerprint density at radius 2 is 1.95 bits per heavy atom. The number of aromatic carboxylic acids is 1. The number of sulfone groups is 1. The number of thiophene rings is 1. The van der Waals surface area contributed by atoms with Crippen LogP contribution in [0.2, 0.25) is 0 Å². The molecule has 0 spiro atoms. The first-order valence-corrected chi connectivity index (χ1v) is 8.51. The molecule has 0 amide bonds. The van der Waals surface area contributed by atoms with E-state index in [0.29, 0.717) is 10.0 Å². The molecular formula is C12H9BrO4S2. The number of halogens is 1. The molecule has 0 saturated heterocycles. The molecule has 0 fully saturated rings. The standard InChI is InChI=1S/C12H9BrO4S2/c13-9-3-1-2-4-10(9)19(16,17)7-8-5-6-18-11(8)12(14)15/h1-6H,7H2,(H,14,15). The topological polar surface area (TPSA) is 71.4 Å². The molecule has 1 heterocycles. The molecule has 100 valence electrons. The smallest absolute Gasteiger partial charge is 0.346 e. The lowest BCUT2D eigenvalue weighted by atomic mass is 10.3. The molecule has 4 nitrogen and oxygen atoms in total. The van der Waals surface area contributed by atoms with Gasteiger partial charge in [-0.05, 0) is 45.1 Å². The third-order valence-electron chi connectivity index (χ3n) is 2.46. The maximum absolute atomic E-state index is 12.3. The number of carbonyl (C=O) groups is 1. The van der Waals surface area contributed by atoms with Crippen LogP contribution in [0.3, 0.4) is 0 Å². The third-order valence-corrected chi connectivity index (χ3v) is 6.07. The third kappa shape index (κ3) is 3.05. The lowest BCUT2D eigenvalue weighted by molar-refractivity contribution is 0.0701. The minimum absolute atomic E-state index is 0.0654. The van der Waals surface area contributed by atoms with Gasteiger partial charge < -0.3 is 5.11 Å². The van der Waals surface area contributed by atoms with E-state index in [1.54, 1.807) is 23.6 Å². The van der Waals surface area contributed by atoms with Crippen LogP contribution in [0, 0.1) is 0 Å². The van der Waals surface area contributed by atoms with Crippen LogP contribution in [0.4, 0.5) is 0 Å². The zero-order valence-electron chi connectivity index (χ0n) is 9.54. The molecule has 0 aliphatic heterocycles. The lowest BCUT2D eigenvalue weighted by Crippen LogP contribution is -2.08. The highest BCUT2D eigenvalue weighted by molar-refractivity contribution is 9.10. The molecule has 0 aliphatic carbocycles. The second-order valence-corrected chi connectivity index (χ2v) is 7.50. The summed E-state index contributed by atoms with van der Waals surface area (Å²) < 4.78 is 25.0. The maximum Gasteiger partial charge on any atom is 0.346 e. The van der Waals surface area contributed by atoms with Gasteiger partial charge in [0.15, 0.2) is 9.84 Å². The van der Waals surface area contributed by atoms with Crippen molar-refractivity contribution in [2.45, 2.75) is 10.6 Å². The molecular weight excluding hydrogens is 352 g/mol. The lowest BCUT2D eigenvalue weighted by Gasteiger charge is -2.06. The summed E-state index contributed by atoms with van der Waals surface area (Å²) in [5.74, 6) is -1.42. The van der Waals surface area contributed by atoms with E-state index >= 15 is 0 Å². The molecule has 0 radical (unpaired) electrons. The van der Waals surface area contributed by atoms with Gasteiger partial charge >= 0.3 is 5.97 Å². The summed E-state index contributed by atoms with van der Waals surface area (Å²) in [4.78, 5) is 11.2. The van der Waals surface area contributed by atoms with Crippen molar-refractivity contribution in [1.29, 1.82) is 0 Å². The SMILES string of the molecule is O=C(O)c1sccc1CS(=O)(=O)c1ccccc1Br. The molecule has 0 unspecified atom stereocenters. The maximum atomic E-state index is 12.3. The molecule has 2 rings (SSSR count). The molecule has 1 aromatic heterocycles. The number of carboxylic acid groups (broad SMARTS) is 1. The number of hydrogen-bond acceptors (Lipinski definition) is 4. The van der Waals surface area contributed by atoms with Crippen molar-refractivity contribution in [3.05, 3.63) is 50.6 Å². The average Bonchev–Trinajstić information content (AvgIpc) is 2.76. The average molecular weight is 361 g/mol. The fourth-order valence-corrected chi connectivity index (χ4v) is 4.95. The first-order valence-electron chi connectivity index (χ1n) is 5.19. The van der Waals surface area contributed by atoms with Crippen LogP contribution in [0.25, 0.3) is 0 Å². The van der Waals surface area contributed by atoms with Gasteiger partial charge in [0.1, 0.15) is 4.88 Å². The first kappa shape index (κ1) is 14.2. The zero-order valence-corrected chi connectivity index (χ0v) is 12.8. The molecule has 1 N–H and O–H groups in total. The Kier molecular flexibility index (Phi) is 4.07. The van der Waals surface area contributed by atoms with Gasteiger partial charge in [-0.25, -0.2) is 13.2 Å². The fourth-order valence-electron chi connectivity index (χ4n) is 1.62. The molecule has 1 aromatic carbocycles. The largest absolute Gasteiger partial charge is 0.477 e. The summed E-state index contributed by atoms with van der Waals surface area (Å²) >= 11 is 4.21. The Morgan fingerprint density at radius 1 is 1.26 bits per heavy atom. The minimum atomic E-state index is -3.57. The van der Waals surface area contributed by atoms with E-state index in [1.165, 1.54) is 12.1 Å². The quantitative estimate of drug-likeness (QED) is 0.908.